The summed E-state index contributed by atoms with van der Waals surface area (Å²) in [4.78, 5) is 29.9. The predicted molar refractivity (Wildman–Crippen MR) is 138 cm³/mol. The number of nitrogens with zero attached hydrogens (tertiary/aromatic N) is 3. The fourth-order valence-electron chi connectivity index (χ4n) is 3.88. The van der Waals surface area contributed by atoms with Crippen LogP contribution in [0.2, 0.25) is 0 Å². The summed E-state index contributed by atoms with van der Waals surface area (Å²) in [5, 5.41) is 4.40. The zero-order chi connectivity index (χ0) is 24.9. The lowest BCUT2D eigenvalue weighted by molar-refractivity contribution is 0.0462. The van der Waals surface area contributed by atoms with Gasteiger partial charge in [-0.1, -0.05) is 96.6 Å². The first-order valence-corrected chi connectivity index (χ1v) is 11.5. The SMILES string of the molecule is Cc1cccc(-c2nc(C(=O)OCC(=O)c3ccc(-c4ccccc4)cc3)nn2-c2ccccc2)c1. The van der Waals surface area contributed by atoms with Crippen LogP contribution in [0.3, 0.4) is 0 Å². The molecule has 0 N–H and O–H groups in total. The second-order valence-electron chi connectivity index (χ2n) is 8.32. The summed E-state index contributed by atoms with van der Waals surface area (Å²) in [6.07, 6.45) is 0. The molecule has 0 spiro atoms. The average Bonchev–Trinajstić information content (AvgIpc) is 3.38. The molecule has 0 amide bonds. The number of benzene rings is 4. The lowest BCUT2D eigenvalue weighted by atomic mass is 10.0. The number of esters is 1. The fraction of sp³-hybridized carbons (Fsp3) is 0.0667. The van der Waals surface area contributed by atoms with Crippen molar-refractivity contribution >= 4 is 11.8 Å². The van der Waals surface area contributed by atoms with Crippen LogP contribution < -0.4 is 0 Å². The molecular weight excluding hydrogens is 450 g/mol. The Morgan fingerprint density at radius 2 is 1.39 bits per heavy atom. The molecular formula is C30H23N3O3. The average molecular weight is 474 g/mol. The molecule has 176 valence electrons. The summed E-state index contributed by atoms with van der Waals surface area (Å²) < 4.78 is 6.90. The van der Waals surface area contributed by atoms with Gasteiger partial charge in [-0.3, -0.25) is 4.79 Å². The maximum absolute atomic E-state index is 12.8. The number of aromatic nitrogens is 3. The van der Waals surface area contributed by atoms with Crippen molar-refractivity contribution < 1.29 is 14.3 Å². The third-order valence-corrected chi connectivity index (χ3v) is 5.72. The number of carbonyl (C=O) groups is 2. The predicted octanol–water partition coefficient (Wildman–Crippen LogP) is 5.95. The summed E-state index contributed by atoms with van der Waals surface area (Å²) in [5.74, 6) is -0.653. The van der Waals surface area contributed by atoms with Crippen molar-refractivity contribution in [1.82, 2.24) is 14.8 Å². The van der Waals surface area contributed by atoms with Gasteiger partial charge >= 0.3 is 5.97 Å². The Kier molecular flexibility index (Phi) is 6.49. The molecule has 0 radical (unpaired) electrons. The van der Waals surface area contributed by atoms with Crippen LogP contribution in [0.25, 0.3) is 28.2 Å². The second-order valence-corrected chi connectivity index (χ2v) is 8.32. The van der Waals surface area contributed by atoms with Gasteiger partial charge in [0.05, 0.1) is 5.69 Å². The molecule has 6 nitrogen and oxygen atoms in total. The van der Waals surface area contributed by atoms with E-state index >= 15 is 0 Å². The van der Waals surface area contributed by atoms with Crippen LogP contribution in [0.5, 0.6) is 0 Å². The Morgan fingerprint density at radius 1 is 0.750 bits per heavy atom. The van der Waals surface area contributed by atoms with E-state index < -0.39 is 12.6 Å². The minimum absolute atomic E-state index is 0.109. The number of para-hydroxylation sites is 1. The lowest BCUT2D eigenvalue weighted by Gasteiger charge is -2.06. The fourth-order valence-corrected chi connectivity index (χ4v) is 3.88. The lowest BCUT2D eigenvalue weighted by Crippen LogP contribution is -2.15. The normalized spacial score (nSPS) is 10.7. The molecule has 0 unspecified atom stereocenters. The zero-order valence-electron chi connectivity index (χ0n) is 19.7. The van der Waals surface area contributed by atoms with Crippen LogP contribution >= 0.6 is 0 Å². The van der Waals surface area contributed by atoms with Crippen molar-refractivity contribution in [3.8, 4) is 28.2 Å². The Hall–Kier alpha value is -4.84. The smallest absolute Gasteiger partial charge is 0.378 e. The van der Waals surface area contributed by atoms with Crippen molar-refractivity contribution in [2.24, 2.45) is 0 Å². The molecule has 0 saturated heterocycles. The first-order chi connectivity index (χ1) is 17.6. The van der Waals surface area contributed by atoms with Gasteiger partial charge in [-0.25, -0.2) is 14.5 Å². The number of carbonyl (C=O) groups excluding carboxylic acids is 2. The minimum Gasteiger partial charge on any atom is -0.451 e. The zero-order valence-corrected chi connectivity index (χ0v) is 19.7. The van der Waals surface area contributed by atoms with E-state index in [0.29, 0.717) is 11.4 Å². The molecule has 36 heavy (non-hydrogen) atoms. The number of hydrogen-bond donors (Lipinski definition) is 0. The summed E-state index contributed by atoms with van der Waals surface area (Å²) >= 11 is 0. The first kappa shape index (κ1) is 22.9. The molecule has 6 heteroatoms. The second kappa shape index (κ2) is 10.2. The number of ketones is 1. The molecule has 0 aliphatic heterocycles. The third-order valence-electron chi connectivity index (χ3n) is 5.72. The maximum atomic E-state index is 12.8. The van der Waals surface area contributed by atoms with Crippen LogP contribution in [0.15, 0.2) is 109 Å². The van der Waals surface area contributed by atoms with E-state index in [9.17, 15) is 9.59 Å². The van der Waals surface area contributed by atoms with Gasteiger partial charge < -0.3 is 4.74 Å². The number of Topliss-reactive ketones (excluding diaryl/α,β-unsaturated/α-hetero) is 1. The molecule has 0 aliphatic rings. The quantitative estimate of drug-likeness (QED) is 0.216. The number of hydrogen-bond acceptors (Lipinski definition) is 5. The maximum Gasteiger partial charge on any atom is 0.378 e. The highest BCUT2D eigenvalue weighted by Crippen LogP contribution is 2.23. The topological polar surface area (TPSA) is 74.1 Å². The van der Waals surface area contributed by atoms with Gasteiger partial charge in [-0.2, -0.15) is 0 Å². The van der Waals surface area contributed by atoms with Crippen LogP contribution in [0.4, 0.5) is 0 Å². The molecule has 0 fully saturated rings. The molecule has 1 heterocycles. The van der Waals surface area contributed by atoms with Crippen LogP contribution in [-0.2, 0) is 4.74 Å². The number of rotatable bonds is 7. The third kappa shape index (κ3) is 4.98. The largest absolute Gasteiger partial charge is 0.451 e. The van der Waals surface area contributed by atoms with Crippen molar-refractivity contribution in [1.29, 1.82) is 0 Å². The molecule has 4 aromatic carbocycles. The molecule has 0 aliphatic carbocycles. The molecule has 0 bridgehead atoms. The van der Waals surface area contributed by atoms with E-state index in [1.165, 1.54) is 0 Å². The monoisotopic (exact) mass is 473 g/mol. The molecule has 0 saturated carbocycles. The van der Waals surface area contributed by atoms with Gasteiger partial charge in [0, 0.05) is 11.1 Å². The van der Waals surface area contributed by atoms with Crippen LogP contribution in [-0.4, -0.2) is 33.1 Å². The van der Waals surface area contributed by atoms with Crippen LogP contribution in [0, 0.1) is 6.92 Å². The van der Waals surface area contributed by atoms with E-state index in [1.54, 1.807) is 16.8 Å². The van der Waals surface area contributed by atoms with Gasteiger partial charge in [-0.05, 0) is 36.2 Å². The molecule has 0 atom stereocenters. The van der Waals surface area contributed by atoms with E-state index in [0.717, 1.165) is 27.9 Å². The summed E-state index contributed by atoms with van der Waals surface area (Å²) in [5.41, 5.74) is 5.17. The van der Waals surface area contributed by atoms with E-state index in [-0.39, 0.29) is 11.6 Å². The Morgan fingerprint density at radius 3 is 2.08 bits per heavy atom. The van der Waals surface area contributed by atoms with Crippen molar-refractivity contribution in [2.75, 3.05) is 6.61 Å². The van der Waals surface area contributed by atoms with E-state index in [4.69, 9.17) is 4.74 Å². The van der Waals surface area contributed by atoms with E-state index in [2.05, 4.69) is 10.1 Å². The van der Waals surface area contributed by atoms with Crippen molar-refractivity contribution in [3.63, 3.8) is 0 Å². The Bertz CT molecular complexity index is 1510. The van der Waals surface area contributed by atoms with Crippen molar-refractivity contribution in [2.45, 2.75) is 6.92 Å². The van der Waals surface area contributed by atoms with Crippen LogP contribution in [0.1, 0.15) is 26.5 Å². The highest BCUT2D eigenvalue weighted by molar-refractivity contribution is 5.99. The standard InChI is InChI=1S/C30H23N3O3/c1-21-9-8-12-25(19-21)29-31-28(32-33(29)26-13-6-3-7-14-26)30(35)36-20-27(34)24-17-15-23(16-18-24)22-10-4-2-5-11-22/h2-19H,20H2,1H3. The summed E-state index contributed by atoms with van der Waals surface area (Å²) in [6, 6.07) is 34.3. The minimum atomic E-state index is -0.757. The highest BCUT2D eigenvalue weighted by atomic mass is 16.5. The highest BCUT2D eigenvalue weighted by Gasteiger charge is 2.21. The van der Waals surface area contributed by atoms with Gasteiger partial charge in [-0.15, -0.1) is 5.10 Å². The summed E-state index contributed by atoms with van der Waals surface area (Å²) in [6.45, 7) is 1.59. The molecule has 5 rings (SSSR count). The number of aryl methyl sites for hydroxylation is 1. The van der Waals surface area contributed by atoms with Gasteiger partial charge in [0.15, 0.2) is 18.2 Å². The van der Waals surface area contributed by atoms with E-state index in [1.807, 2.05) is 104 Å². The number of ether oxygens (including phenoxy) is 1. The Balaban J connectivity index is 1.33. The molecule has 5 aromatic rings. The Labute approximate surface area is 208 Å². The molecule has 1 aromatic heterocycles. The van der Waals surface area contributed by atoms with Gasteiger partial charge in [0.25, 0.3) is 5.82 Å². The summed E-state index contributed by atoms with van der Waals surface area (Å²) in [7, 11) is 0. The first-order valence-electron chi connectivity index (χ1n) is 11.5. The van der Waals surface area contributed by atoms with Gasteiger partial charge in [0.2, 0.25) is 0 Å². The van der Waals surface area contributed by atoms with Gasteiger partial charge in [0.1, 0.15) is 0 Å². The van der Waals surface area contributed by atoms with Crippen molar-refractivity contribution in [3.05, 3.63) is 126 Å².